The molecule has 4 rings (SSSR count). The van der Waals surface area contributed by atoms with Gasteiger partial charge in [0.15, 0.2) is 5.82 Å². The van der Waals surface area contributed by atoms with Crippen molar-refractivity contribution >= 4 is 35.1 Å². The molecule has 0 aliphatic carbocycles. The lowest BCUT2D eigenvalue weighted by Gasteiger charge is -2.28. The number of aromatic nitrogens is 4. The first kappa shape index (κ1) is 19.6. The summed E-state index contributed by atoms with van der Waals surface area (Å²) < 4.78 is 10.2. The van der Waals surface area contributed by atoms with Crippen LogP contribution in [0.4, 0.5) is 29.1 Å². The summed E-state index contributed by atoms with van der Waals surface area (Å²) in [4.78, 5) is 23.0. The van der Waals surface area contributed by atoms with E-state index in [-0.39, 0.29) is 5.97 Å². The first-order valence-corrected chi connectivity index (χ1v) is 9.57. The number of carbonyl (C=O) groups is 1. The number of aryl methyl sites for hydroxylation is 1. The molecule has 1 saturated heterocycles. The van der Waals surface area contributed by atoms with Crippen LogP contribution in [0.2, 0.25) is 0 Å². The molecule has 3 aromatic rings. The fraction of sp³-hybridized carbons (Fsp3) is 0.300. The Kier molecular flexibility index (Phi) is 5.75. The Balaban J connectivity index is 1.60. The molecule has 1 aliphatic rings. The summed E-state index contributed by atoms with van der Waals surface area (Å²) in [5.41, 5.74) is 2.18. The molecule has 0 radical (unpaired) electrons. The molecule has 10 heteroatoms. The van der Waals surface area contributed by atoms with E-state index in [0.717, 1.165) is 30.3 Å². The van der Waals surface area contributed by atoms with E-state index < -0.39 is 0 Å². The summed E-state index contributed by atoms with van der Waals surface area (Å²) in [7, 11) is 1.36. The van der Waals surface area contributed by atoms with Crippen molar-refractivity contribution in [2.45, 2.75) is 6.92 Å². The Hall–Kier alpha value is -3.66. The quantitative estimate of drug-likeness (QED) is 0.528. The minimum atomic E-state index is -0.382. The van der Waals surface area contributed by atoms with Gasteiger partial charge in [0.2, 0.25) is 5.95 Å². The van der Waals surface area contributed by atoms with Gasteiger partial charge in [-0.2, -0.15) is 15.1 Å². The second-order valence-corrected chi connectivity index (χ2v) is 6.79. The van der Waals surface area contributed by atoms with Crippen molar-refractivity contribution in [2.24, 2.45) is 0 Å². The number of rotatable bonds is 6. The molecule has 1 aromatic carbocycles. The molecule has 3 N–H and O–H groups in total. The van der Waals surface area contributed by atoms with Crippen LogP contribution in [0.3, 0.4) is 0 Å². The molecule has 3 heterocycles. The van der Waals surface area contributed by atoms with Crippen molar-refractivity contribution in [3.8, 4) is 0 Å². The van der Waals surface area contributed by atoms with E-state index in [1.807, 2.05) is 19.1 Å². The van der Waals surface area contributed by atoms with Crippen molar-refractivity contribution in [3.05, 3.63) is 47.7 Å². The van der Waals surface area contributed by atoms with Crippen LogP contribution in [0.15, 0.2) is 36.4 Å². The van der Waals surface area contributed by atoms with Crippen LogP contribution in [0.5, 0.6) is 0 Å². The normalized spacial score (nSPS) is 13.7. The number of aromatic amines is 1. The van der Waals surface area contributed by atoms with Crippen LogP contribution in [0.25, 0.3) is 0 Å². The van der Waals surface area contributed by atoms with Gasteiger partial charge in [-0.15, -0.1) is 0 Å². The van der Waals surface area contributed by atoms with Crippen molar-refractivity contribution < 1.29 is 14.3 Å². The number of morpholine rings is 1. The minimum absolute atomic E-state index is 0.382. The van der Waals surface area contributed by atoms with Crippen molar-refractivity contribution in [1.82, 2.24) is 20.2 Å². The lowest BCUT2D eigenvalue weighted by Crippen LogP contribution is -2.36. The smallest absolute Gasteiger partial charge is 0.337 e. The highest BCUT2D eigenvalue weighted by molar-refractivity contribution is 5.89. The van der Waals surface area contributed by atoms with E-state index in [4.69, 9.17) is 9.47 Å². The maximum Gasteiger partial charge on any atom is 0.337 e. The number of carbonyl (C=O) groups excluding carboxylic acids is 1. The molecular formula is C20H23N7O3. The summed E-state index contributed by atoms with van der Waals surface area (Å²) in [6.07, 6.45) is 0. The van der Waals surface area contributed by atoms with E-state index in [9.17, 15) is 4.79 Å². The molecule has 0 bridgehead atoms. The third-order valence-electron chi connectivity index (χ3n) is 4.57. The highest BCUT2D eigenvalue weighted by Crippen LogP contribution is 2.24. The van der Waals surface area contributed by atoms with E-state index in [0.29, 0.717) is 36.4 Å². The summed E-state index contributed by atoms with van der Waals surface area (Å²) >= 11 is 0. The number of nitrogens with one attached hydrogen (secondary N) is 3. The minimum Gasteiger partial charge on any atom is -0.465 e. The number of H-pyrrole nitrogens is 1. The van der Waals surface area contributed by atoms with Crippen molar-refractivity contribution in [1.29, 1.82) is 0 Å². The van der Waals surface area contributed by atoms with E-state index in [2.05, 4.69) is 35.7 Å². The van der Waals surface area contributed by atoms with Gasteiger partial charge in [0.25, 0.3) is 0 Å². The molecule has 0 spiro atoms. The molecular weight excluding hydrogens is 386 g/mol. The molecule has 30 heavy (non-hydrogen) atoms. The van der Waals surface area contributed by atoms with E-state index in [1.165, 1.54) is 7.11 Å². The van der Waals surface area contributed by atoms with Crippen molar-refractivity contribution in [3.63, 3.8) is 0 Å². The fourth-order valence-electron chi connectivity index (χ4n) is 3.06. The third-order valence-corrected chi connectivity index (χ3v) is 4.57. The molecule has 156 valence electrons. The maximum atomic E-state index is 11.6. The number of anilines is 5. The molecule has 0 amide bonds. The number of benzene rings is 1. The summed E-state index contributed by atoms with van der Waals surface area (Å²) in [6, 6.07) is 10.7. The van der Waals surface area contributed by atoms with Crippen LogP contribution < -0.4 is 15.5 Å². The molecule has 0 saturated carbocycles. The number of esters is 1. The predicted molar refractivity (Wildman–Crippen MR) is 113 cm³/mol. The van der Waals surface area contributed by atoms with E-state index in [1.54, 1.807) is 24.3 Å². The van der Waals surface area contributed by atoms with Crippen LogP contribution in [-0.4, -0.2) is 59.5 Å². The second-order valence-electron chi connectivity index (χ2n) is 6.79. The van der Waals surface area contributed by atoms with Gasteiger partial charge in [0.05, 0.1) is 25.9 Å². The molecule has 10 nitrogen and oxygen atoms in total. The third kappa shape index (κ3) is 4.66. The topological polar surface area (TPSA) is 117 Å². The standard InChI is InChI=1S/C20H23N7O3/c1-13-11-17(26-25-13)22-16-12-18(27-7-9-30-10-8-27)24-20(23-16)21-15-5-3-14(4-6-15)19(28)29-2/h3-6,11-12H,7-10H2,1-2H3,(H3,21,22,23,24,25,26). The van der Waals surface area contributed by atoms with Gasteiger partial charge in [-0.05, 0) is 31.2 Å². The Labute approximate surface area is 173 Å². The molecule has 2 aromatic heterocycles. The largest absolute Gasteiger partial charge is 0.465 e. The number of nitrogens with zero attached hydrogens (tertiary/aromatic N) is 4. The first-order valence-electron chi connectivity index (χ1n) is 9.57. The molecule has 0 unspecified atom stereocenters. The number of ether oxygens (including phenoxy) is 2. The summed E-state index contributed by atoms with van der Waals surface area (Å²) in [6.45, 7) is 4.75. The molecule has 0 atom stereocenters. The Morgan fingerprint density at radius 2 is 1.87 bits per heavy atom. The Morgan fingerprint density at radius 1 is 1.10 bits per heavy atom. The fourth-order valence-corrected chi connectivity index (χ4v) is 3.06. The highest BCUT2D eigenvalue weighted by Gasteiger charge is 2.16. The van der Waals surface area contributed by atoms with Gasteiger partial charge in [0, 0.05) is 36.6 Å². The second kappa shape index (κ2) is 8.78. The number of methoxy groups -OCH3 is 1. The van der Waals surface area contributed by atoms with Crippen LogP contribution in [0, 0.1) is 6.92 Å². The number of hydrogen-bond acceptors (Lipinski definition) is 9. The Morgan fingerprint density at radius 3 is 2.53 bits per heavy atom. The predicted octanol–water partition coefficient (Wildman–Crippen LogP) is 2.62. The van der Waals surface area contributed by atoms with E-state index >= 15 is 0 Å². The average molecular weight is 409 g/mol. The molecule has 1 fully saturated rings. The maximum absolute atomic E-state index is 11.6. The monoisotopic (exact) mass is 409 g/mol. The zero-order valence-corrected chi connectivity index (χ0v) is 16.8. The molecule has 1 aliphatic heterocycles. The van der Waals surface area contributed by atoms with Gasteiger partial charge < -0.3 is 25.0 Å². The first-order chi connectivity index (χ1) is 14.6. The zero-order chi connectivity index (χ0) is 20.9. The summed E-state index contributed by atoms with van der Waals surface area (Å²) in [5.74, 6) is 2.13. The highest BCUT2D eigenvalue weighted by atomic mass is 16.5. The van der Waals surface area contributed by atoms with Gasteiger partial charge >= 0.3 is 5.97 Å². The lowest BCUT2D eigenvalue weighted by atomic mass is 10.2. The summed E-state index contributed by atoms with van der Waals surface area (Å²) in [5, 5.41) is 13.5. The van der Waals surface area contributed by atoms with Gasteiger partial charge in [-0.25, -0.2) is 4.79 Å². The van der Waals surface area contributed by atoms with Crippen LogP contribution in [-0.2, 0) is 9.47 Å². The number of hydrogen-bond donors (Lipinski definition) is 3. The van der Waals surface area contributed by atoms with Gasteiger partial charge in [-0.3, -0.25) is 5.10 Å². The average Bonchev–Trinajstić information content (AvgIpc) is 3.18. The van der Waals surface area contributed by atoms with Crippen molar-refractivity contribution in [2.75, 3.05) is 48.9 Å². The van der Waals surface area contributed by atoms with Gasteiger partial charge in [0.1, 0.15) is 11.6 Å². The van der Waals surface area contributed by atoms with Gasteiger partial charge in [-0.1, -0.05) is 0 Å². The van der Waals surface area contributed by atoms with Crippen LogP contribution >= 0.6 is 0 Å². The Bertz CT molecular complexity index is 1010. The van der Waals surface area contributed by atoms with Crippen LogP contribution in [0.1, 0.15) is 16.1 Å². The SMILES string of the molecule is COC(=O)c1ccc(Nc2nc(Nc3cc(C)[nH]n3)cc(N3CCOCC3)n2)cc1. The zero-order valence-electron chi connectivity index (χ0n) is 16.8. The lowest BCUT2D eigenvalue weighted by molar-refractivity contribution is 0.0601.